The number of hydrogen-bond donors (Lipinski definition) is 0. The molecule has 0 unspecified atom stereocenters. The zero-order chi connectivity index (χ0) is 36.3. The van der Waals surface area contributed by atoms with Gasteiger partial charge >= 0.3 is 0 Å². The van der Waals surface area contributed by atoms with Crippen LogP contribution in [0.15, 0.2) is 209 Å². The Kier molecular flexibility index (Phi) is 7.17. The van der Waals surface area contributed by atoms with Gasteiger partial charge in [-0.05, 0) is 87.6 Å². The molecule has 258 valence electrons. The van der Waals surface area contributed by atoms with Crippen molar-refractivity contribution in [1.82, 2.24) is 0 Å². The van der Waals surface area contributed by atoms with Gasteiger partial charge in [0.25, 0.3) is 0 Å². The van der Waals surface area contributed by atoms with Crippen LogP contribution in [0.1, 0.15) is 0 Å². The Hall–Kier alpha value is -7.36. The van der Waals surface area contributed by atoms with E-state index >= 15 is 0 Å². The van der Waals surface area contributed by atoms with Crippen LogP contribution in [0.5, 0.6) is 0 Å². The Morgan fingerprint density at radius 2 is 0.945 bits per heavy atom. The van der Waals surface area contributed by atoms with Gasteiger partial charge in [-0.3, -0.25) is 0 Å². The van der Waals surface area contributed by atoms with Crippen LogP contribution in [0, 0.1) is 0 Å². The average Bonchev–Trinajstić information content (AvgIpc) is 3.84. The summed E-state index contributed by atoms with van der Waals surface area (Å²) in [5.41, 5.74) is 13.3. The van der Waals surface area contributed by atoms with Crippen LogP contribution in [0.2, 0.25) is 0 Å². The van der Waals surface area contributed by atoms with E-state index in [4.69, 9.17) is 8.83 Å². The molecule has 9 aromatic carbocycles. The van der Waals surface area contributed by atoms with Crippen molar-refractivity contribution < 1.29 is 8.83 Å². The molecule has 0 saturated heterocycles. The minimum absolute atomic E-state index is 0.854. The molecule has 0 spiro atoms. The van der Waals surface area contributed by atoms with E-state index in [-0.39, 0.29) is 0 Å². The molecule has 11 rings (SSSR count). The van der Waals surface area contributed by atoms with Gasteiger partial charge in [0.05, 0.1) is 11.1 Å². The summed E-state index contributed by atoms with van der Waals surface area (Å²) >= 11 is 0. The van der Waals surface area contributed by atoms with Gasteiger partial charge in [0.2, 0.25) is 0 Å². The molecule has 0 aliphatic carbocycles. The summed E-state index contributed by atoms with van der Waals surface area (Å²) in [7, 11) is 0. The maximum absolute atomic E-state index is 6.74. The van der Waals surface area contributed by atoms with E-state index < -0.39 is 0 Å². The predicted molar refractivity (Wildman–Crippen MR) is 229 cm³/mol. The monoisotopic (exact) mass is 703 g/mol. The van der Waals surface area contributed by atoms with Crippen LogP contribution in [0.3, 0.4) is 0 Å². The molecule has 0 atom stereocenters. The Bertz CT molecular complexity index is 3190. The lowest BCUT2D eigenvalue weighted by molar-refractivity contribution is 0.669. The fraction of sp³-hybridized carbons (Fsp3) is 0. The van der Waals surface area contributed by atoms with E-state index in [9.17, 15) is 0 Å². The van der Waals surface area contributed by atoms with E-state index in [2.05, 4.69) is 193 Å². The summed E-state index contributed by atoms with van der Waals surface area (Å²) in [6, 6.07) is 70.8. The summed E-state index contributed by atoms with van der Waals surface area (Å²) in [5, 5.41) is 6.77. The molecule has 0 aliphatic rings. The van der Waals surface area contributed by atoms with Crippen LogP contribution in [0.25, 0.3) is 88.0 Å². The molecular formula is C52H33NO2. The molecule has 0 amide bonds. The summed E-state index contributed by atoms with van der Waals surface area (Å²) in [6.07, 6.45) is 0. The van der Waals surface area contributed by atoms with Gasteiger partial charge < -0.3 is 13.7 Å². The Balaban J connectivity index is 1.14. The van der Waals surface area contributed by atoms with Gasteiger partial charge in [0.1, 0.15) is 22.3 Å². The number of anilines is 3. The number of benzene rings is 9. The number of rotatable bonds is 6. The van der Waals surface area contributed by atoms with Gasteiger partial charge in [0.15, 0.2) is 0 Å². The molecule has 0 aliphatic heterocycles. The molecule has 11 aromatic rings. The third kappa shape index (κ3) is 5.20. The summed E-state index contributed by atoms with van der Waals surface area (Å²) in [6.45, 7) is 0. The average molecular weight is 704 g/mol. The summed E-state index contributed by atoms with van der Waals surface area (Å²) in [4.78, 5) is 2.36. The predicted octanol–water partition coefficient (Wildman–Crippen LogP) is 15.1. The number of furan rings is 2. The second-order valence-electron chi connectivity index (χ2n) is 14.1. The van der Waals surface area contributed by atoms with E-state index in [1.807, 2.05) is 12.1 Å². The smallest absolute Gasteiger partial charge is 0.145 e. The van der Waals surface area contributed by atoms with Crippen molar-refractivity contribution in [3.63, 3.8) is 0 Å². The second-order valence-corrected chi connectivity index (χ2v) is 14.1. The fourth-order valence-electron chi connectivity index (χ4n) is 8.21. The molecule has 0 fully saturated rings. The molecular weight excluding hydrogens is 671 g/mol. The van der Waals surface area contributed by atoms with Crippen LogP contribution in [-0.4, -0.2) is 0 Å². The molecule has 0 saturated carbocycles. The summed E-state index contributed by atoms with van der Waals surface area (Å²) in [5.74, 6) is 0. The number of para-hydroxylation sites is 2. The molecule has 2 heterocycles. The SMILES string of the molecule is c1ccc(-c2cccc3c2oc2ccc(N(c4ccc(-c5ccc6ccccc6c5)cc4)c4ccc(-c5ccccc5)c5oc6ccccc6c45)cc23)cc1. The first-order valence-electron chi connectivity index (χ1n) is 18.7. The fourth-order valence-corrected chi connectivity index (χ4v) is 8.21. The van der Waals surface area contributed by atoms with E-state index in [1.54, 1.807) is 0 Å². The molecule has 0 bridgehead atoms. The minimum atomic E-state index is 0.854. The van der Waals surface area contributed by atoms with Gasteiger partial charge in [-0.15, -0.1) is 0 Å². The van der Waals surface area contributed by atoms with E-state index in [1.165, 1.54) is 16.3 Å². The van der Waals surface area contributed by atoms with Gasteiger partial charge in [-0.25, -0.2) is 0 Å². The topological polar surface area (TPSA) is 29.5 Å². The van der Waals surface area contributed by atoms with Crippen molar-refractivity contribution in [2.24, 2.45) is 0 Å². The normalized spacial score (nSPS) is 11.6. The number of hydrogen-bond acceptors (Lipinski definition) is 3. The molecule has 0 N–H and O–H groups in total. The lowest BCUT2D eigenvalue weighted by Gasteiger charge is -2.27. The van der Waals surface area contributed by atoms with E-state index in [0.29, 0.717) is 0 Å². The van der Waals surface area contributed by atoms with Gasteiger partial charge in [-0.1, -0.05) is 146 Å². The first-order chi connectivity index (χ1) is 27.3. The van der Waals surface area contributed by atoms with Crippen molar-refractivity contribution >= 4 is 71.7 Å². The second kappa shape index (κ2) is 12.6. The highest BCUT2D eigenvalue weighted by Gasteiger charge is 2.23. The maximum Gasteiger partial charge on any atom is 0.145 e. The number of fused-ring (bicyclic) bond motifs is 7. The molecule has 3 nitrogen and oxygen atoms in total. The Morgan fingerprint density at radius 1 is 0.327 bits per heavy atom. The highest BCUT2D eigenvalue weighted by Crippen LogP contribution is 2.47. The zero-order valence-electron chi connectivity index (χ0n) is 29.8. The Morgan fingerprint density at radius 3 is 1.75 bits per heavy atom. The molecule has 3 heteroatoms. The lowest BCUT2D eigenvalue weighted by atomic mass is 9.99. The number of nitrogens with zero attached hydrogens (tertiary/aromatic N) is 1. The van der Waals surface area contributed by atoms with Crippen LogP contribution < -0.4 is 4.90 Å². The van der Waals surface area contributed by atoms with Crippen LogP contribution >= 0.6 is 0 Å². The third-order valence-corrected chi connectivity index (χ3v) is 10.9. The van der Waals surface area contributed by atoms with Crippen LogP contribution in [-0.2, 0) is 0 Å². The van der Waals surface area contributed by atoms with Crippen molar-refractivity contribution in [3.8, 4) is 33.4 Å². The van der Waals surface area contributed by atoms with Crippen LogP contribution in [0.4, 0.5) is 17.1 Å². The maximum atomic E-state index is 6.74. The standard InChI is InChI=1S/C52H33NO2/c1-3-13-36(14-4-1)42-19-11-20-44-46-33-41(28-31-49(46)54-51(42)44)53(40-26-24-35(25-27-40)39-23-22-34-12-7-8-17-38(34)32-39)47-30-29-43(37-15-5-2-6-16-37)52-50(47)45-18-9-10-21-48(45)55-52/h1-33H. The highest BCUT2D eigenvalue weighted by atomic mass is 16.3. The first-order valence-corrected chi connectivity index (χ1v) is 18.7. The quantitative estimate of drug-likeness (QED) is 0.173. The molecule has 0 radical (unpaired) electrons. The molecule has 2 aromatic heterocycles. The van der Waals surface area contributed by atoms with Gasteiger partial charge in [-0.2, -0.15) is 0 Å². The minimum Gasteiger partial charge on any atom is -0.455 e. The van der Waals surface area contributed by atoms with E-state index in [0.717, 1.165) is 88.8 Å². The van der Waals surface area contributed by atoms with Crippen molar-refractivity contribution in [1.29, 1.82) is 0 Å². The summed E-state index contributed by atoms with van der Waals surface area (Å²) < 4.78 is 13.4. The Labute approximate surface area is 317 Å². The third-order valence-electron chi connectivity index (χ3n) is 10.9. The molecule has 55 heavy (non-hydrogen) atoms. The lowest BCUT2D eigenvalue weighted by Crippen LogP contribution is -2.10. The largest absolute Gasteiger partial charge is 0.455 e. The zero-order valence-corrected chi connectivity index (χ0v) is 29.8. The van der Waals surface area contributed by atoms with Gasteiger partial charge in [0, 0.05) is 38.7 Å². The van der Waals surface area contributed by atoms with Crippen molar-refractivity contribution in [3.05, 3.63) is 200 Å². The first kappa shape index (κ1) is 31.2. The van der Waals surface area contributed by atoms with Crippen molar-refractivity contribution in [2.75, 3.05) is 4.90 Å². The van der Waals surface area contributed by atoms with Crippen molar-refractivity contribution in [2.45, 2.75) is 0 Å². The highest BCUT2D eigenvalue weighted by molar-refractivity contribution is 6.18.